The predicted octanol–water partition coefficient (Wildman–Crippen LogP) is 5.66. The van der Waals surface area contributed by atoms with Gasteiger partial charge >= 0.3 is 0 Å². The molecule has 1 aromatic heterocycles. The number of H-pyrrole nitrogens is 1. The number of benzene rings is 3. The highest BCUT2D eigenvalue weighted by molar-refractivity contribution is 6.39. The lowest BCUT2D eigenvalue weighted by atomic mass is 10.0. The maximum Gasteiger partial charge on any atom is 0.273 e. The number of hydrogen-bond acceptors (Lipinski definition) is 1. The predicted molar refractivity (Wildman–Crippen MR) is 107 cm³/mol. The van der Waals surface area contributed by atoms with Crippen LogP contribution in [-0.2, 0) is 6.42 Å². The number of nitrogens with one attached hydrogen (secondary N) is 2. The van der Waals surface area contributed by atoms with Crippen LogP contribution in [0.25, 0.3) is 10.9 Å². The van der Waals surface area contributed by atoms with E-state index in [2.05, 4.69) is 22.4 Å². The maximum atomic E-state index is 12.8. The first-order chi connectivity index (χ1) is 12.7. The standard InChI is InChI=1S/C22H17ClN2O/c23-20-17-11-5-7-13-19(17)24-21(20)22(26)25-18-12-6-4-10-16(18)14-15-8-2-1-3-9-15/h1-13,24H,14H2,(H,25,26). The monoisotopic (exact) mass is 360 g/mol. The number of carbonyl (C=O) groups is 1. The zero-order valence-corrected chi connectivity index (χ0v) is 14.8. The van der Waals surface area contributed by atoms with Gasteiger partial charge in [0.25, 0.3) is 5.91 Å². The summed E-state index contributed by atoms with van der Waals surface area (Å²) in [6.45, 7) is 0. The third kappa shape index (κ3) is 3.22. The number of aromatic nitrogens is 1. The number of para-hydroxylation sites is 2. The summed E-state index contributed by atoms with van der Waals surface area (Å²) >= 11 is 6.40. The lowest BCUT2D eigenvalue weighted by Crippen LogP contribution is -2.14. The molecular formula is C22H17ClN2O. The molecule has 0 saturated carbocycles. The van der Waals surface area contributed by atoms with Crippen molar-refractivity contribution in [2.75, 3.05) is 5.32 Å². The highest BCUT2D eigenvalue weighted by atomic mass is 35.5. The number of hydrogen-bond donors (Lipinski definition) is 2. The minimum Gasteiger partial charge on any atom is -0.349 e. The van der Waals surface area contributed by atoms with E-state index >= 15 is 0 Å². The summed E-state index contributed by atoms with van der Waals surface area (Å²) in [5.74, 6) is -0.244. The van der Waals surface area contributed by atoms with Gasteiger partial charge in [0.1, 0.15) is 5.69 Å². The van der Waals surface area contributed by atoms with Crippen molar-refractivity contribution in [1.29, 1.82) is 0 Å². The quantitative estimate of drug-likeness (QED) is 0.484. The van der Waals surface area contributed by atoms with Crippen LogP contribution in [0.15, 0.2) is 78.9 Å². The van der Waals surface area contributed by atoms with Crippen molar-refractivity contribution in [3.63, 3.8) is 0 Å². The Morgan fingerprint density at radius 3 is 2.38 bits per heavy atom. The molecule has 3 nitrogen and oxygen atoms in total. The van der Waals surface area contributed by atoms with Gasteiger partial charge in [0.05, 0.1) is 5.02 Å². The molecule has 0 saturated heterocycles. The number of rotatable bonds is 4. The lowest BCUT2D eigenvalue weighted by molar-refractivity contribution is 0.102. The van der Waals surface area contributed by atoms with E-state index in [0.717, 1.165) is 28.6 Å². The molecule has 4 rings (SSSR count). The van der Waals surface area contributed by atoms with Crippen LogP contribution < -0.4 is 5.32 Å². The molecule has 4 heteroatoms. The molecule has 2 N–H and O–H groups in total. The van der Waals surface area contributed by atoms with Crippen molar-refractivity contribution in [1.82, 2.24) is 4.98 Å². The Morgan fingerprint density at radius 2 is 1.58 bits per heavy atom. The number of fused-ring (bicyclic) bond motifs is 1. The van der Waals surface area contributed by atoms with Gasteiger partial charge in [0.2, 0.25) is 0 Å². The van der Waals surface area contributed by atoms with Crippen molar-refractivity contribution >= 4 is 34.1 Å². The average Bonchev–Trinajstić information content (AvgIpc) is 3.01. The molecular weight excluding hydrogens is 344 g/mol. The summed E-state index contributed by atoms with van der Waals surface area (Å²) in [6.07, 6.45) is 0.748. The van der Waals surface area contributed by atoms with E-state index in [0.29, 0.717) is 10.7 Å². The molecule has 0 bridgehead atoms. The van der Waals surface area contributed by atoms with Gasteiger partial charge in [-0.2, -0.15) is 0 Å². The first kappa shape index (κ1) is 16.4. The number of anilines is 1. The average molecular weight is 361 g/mol. The largest absolute Gasteiger partial charge is 0.349 e. The Bertz CT molecular complexity index is 1070. The van der Waals surface area contributed by atoms with Gasteiger partial charge in [0.15, 0.2) is 0 Å². The van der Waals surface area contributed by atoms with E-state index in [1.54, 1.807) is 0 Å². The van der Waals surface area contributed by atoms with Crippen LogP contribution in [0.3, 0.4) is 0 Å². The molecule has 0 aliphatic rings. The van der Waals surface area contributed by atoms with Crippen LogP contribution in [0.5, 0.6) is 0 Å². The Hall–Kier alpha value is -3.04. The van der Waals surface area contributed by atoms with Gasteiger partial charge in [-0.25, -0.2) is 0 Å². The van der Waals surface area contributed by atoms with E-state index in [-0.39, 0.29) is 5.91 Å². The van der Waals surface area contributed by atoms with Gasteiger partial charge < -0.3 is 10.3 Å². The van der Waals surface area contributed by atoms with Crippen LogP contribution >= 0.6 is 11.6 Å². The van der Waals surface area contributed by atoms with Crippen molar-refractivity contribution in [3.05, 3.63) is 101 Å². The molecule has 4 aromatic rings. The highest BCUT2D eigenvalue weighted by Crippen LogP contribution is 2.28. The van der Waals surface area contributed by atoms with E-state index in [1.807, 2.05) is 66.7 Å². The van der Waals surface area contributed by atoms with Crippen LogP contribution in [0.2, 0.25) is 5.02 Å². The van der Waals surface area contributed by atoms with Crippen molar-refractivity contribution in [2.45, 2.75) is 6.42 Å². The van der Waals surface area contributed by atoms with E-state index in [9.17, 15) is 4.79 Å². The Balaban J connectivity index is 1.62. The molecule has 0 spiro atoms. The van der Waals surface area contributed by atoms with Crippen LogP contribution in [0.1, 0.15) is 21.6 Å². The molecule has 0 unspecified atom stereocenters. The first-order valence-electron chi connectivity index (χ1n) is 8.42. The zero-order valence-electron chi connectivity index (χ0n) is 14.0. The van der Waals surface area contributed by atoms with E-state index < -0.39 is 0 Å². The molecule has 128 valence electrons. The molecule has 0 fully saturated rings. The SMILES string of the molecule is O=C(Nc1ccccc1Cc1ccccc1)c1[nH]c2ccccc2c1Cl. The normalized spacial score (nSPS) is 10.8. The fourth-order valence-electron chi connectivity index (χ4n) is 3.06. The second kappa shape index (κ2) is 7.06. The Kier molecular flexibility index (Phi) is 4.46. The molecule has 0 radical (unpaired) electrons. The fourth-order valence-corrected chi connectivity index (χ4v) is 3.36. The van der Waals surface area contributed by atoms with Crippen LogP contribution in [0.4, 0.5) is 5.69 Å². The van der Waals surface area contributed by atoms with E-state index in [4.69, 9.17) is 11.6 Å². The Morgan fingerprint density at radius 1 is 0.885 bits per heavy atom. The van der Waals surface area contributed by atoms with Gasteiger partial charge in [0, 0.05) is 16.6 Å². The fraction of sp³-hybridized carbons (Fsp3) is 0.0455. The van der Waals surface area contributed by atoms with Gasteiger partial charge in [-0.05, 0) is 29.7 Å². The minimum atomic E-state index is -0.244. The zero-order chi connectivity index (χ0) is 17.9. The molecule has 0 aliphatic carbocycles. The second-order valence-electron chi connectivity index (χ2n) is 6.13. The maximum absolute atomic E-state index is 12.8. The van der Waals surface area contributed by atoms with Crippen molar-refractivity contribution in [2.24, 2.45) is 0 Å². The summed E-state index contributed by atoms with van der Waals surface area (Å²) in [6, 6.07) is 25.6. The molecule has 1 amide bonds. The number of amides is 1. The molecule has 0 aliphatic heterocycles. The highest BCUT2D eigenvalue weighted by Gasteiger charge is 2.17. The third-order valence-electron chi connectivity index (χ3n) is 4.37. The van der Waals surface area contributed by atoms with Crippen LogP contribution in [-0.4, -0.2) is 10.9 Å². The second-order valence-corrected chi connectivity index (χ2v) is 6.51. The lowest BCUT2D eigenvalue weighted by Gasteiger charge is -2.11. The molecule has 1 heterocycles. The minimum absolute atomic E-state index is 0.244. The molecule has 0 atom stereocenters. The summed E-state index contributed by atoms with van der Waals surface area (Å²) < 4.78 is 0. The first-order valence-corrected chi connectivity index (χ1v) is 8.79. The molecule has 3 aromatic carbocycles. The van der Waals surface area contributed by atoms with Crippen LogP contribution in [0, 0.1) is 0 Å². The summed E-state index contributed by atoms with van der Waals surface area (Å²) in [4.78, 5) is 15.9. The number of carbonyl (C=O) groups excluding carboxylic acids is 1. The third-order valence-corrected chi connectivity index (χ3v) is 4.77. The summed E-state index contributed by atoms with van der Waals surface area (Å²) in [5, 5.41) is 4.28. The van der Waals surface area contributed by atoms with Crippen molar-refractivity contribution in [3.8, 4) is 0 Å². The topological polar surface area (TPSA) is 44.9 Å². The van der Waals surface area contributed by atoms with E-state index in [1.165, 1.54) is 5.56 Å². The Labute approximate surface area is 156 Å². The summed E-state index contributed by atoms with van der Waals surface area (Å²) in [5.41, 5.74) is 4.26. The number of halogens is 1. The van der Waals surface area contributed by atoms with Gasteiger partial charge in [-0.3, -0.25) is 4.79 Å². The summed E-state index contributed by atoms with van der Waals surface area (Å²) in [7, 11) is 0. The smallest absolute Gasteiger partial charge is 0.273 e. The van der Waals surface area contributed by atoms with Gasteiger partial charge in [-0.1, -0.05) is 78.3 Å². The number of aromatic amines is 1. The van der Waals surface area contributed by atoms with Crippen molar-refractivity contribution < 1.29 is 4.79 Å². The van der Waals surface area contributed by atoms with Gasteiger partial charge in [-0.15, -0.1) is 0 Å². The molecule has 26 heavy (non-hydrogen) atoms.